The van der Waals surface area contributed by atoms with E-state index in [0.29, 0.717) is 0 Å². The lowest BCUT2D eigenvalue weighted by molar-refractivity contribution is 0.215. The first-order valence-electron chi connectivity index (χ1n) is 5.41. The first-order valence-corrected chi connectivity index (χ1v) is 5.41. The third-order valence-electron chi connectivity index (χ3n) is 3.78. The van der Waals surface area contributed by atoms with Gasteiger partial charge >= 0.3 is 0 Å². The van der Waals surface area contributed by atoms with Gasteiger partial charge in [0.05, 0.1) is 0 Å². The first-order chi connectivity index (χ1) is 5.67. The van der Waals surface area contributed by atoms with E-state index < -0.39 is 0 Å². The Bertz CT molecular complexity index is 170. The lowest BCUT2D eigenvalue weighted by atomic mass is 9.96. The molecule has 1 heterocycles. The normalized spacial score (nSPS) is 33.5. The van der Waals surface area contributed by atoms with E-state index >= 15 is 0 Å². The van der Waals surface area contributed by atoms with Gasteiger partial charge in [0.25, 0.3) is 0 Å². The molecule has 1 saturated carbocycles. The van der Waals surface area contributed by atoms with Gasteiger partial charge in [-0.15, -0.1) is 0 Å². The molecule has 70 valence electrons. The topological polar surface area (TPSA) is 3.24 Å². The molecule has 0 amide bonds. The van der Waals surface area contributed by atoms with Gasteiger partial charge < -0.3 is 0 Å². The molecule has 2 rings (SSSR count). The van der Waals surface area contributed by atoms with Crippen LogP contribution in [0.15, 0.2) is 0 Å². The Morgan fingerprint density at radius 1 is 1.42 bits per heavy atom. The van der Waals surface area contributed by atoms with Crippen molar-refractivity contribution in [3.8, 4) is 0 Å². The Hall–Kier alpha value is -0.0400. The van der Waals surface area contributed by atoms with Crippen LogP contribution >= 0.6 is 0 Å². The predicted molar refractivity (Wildman–Crippen MR) is 52.2 cm³/mol. The Morgan fingerprint density at radius 3 is 2.42 bits per heavy atom. The first kappa shape index (κ1) is 8.55. The summed E-state index contributed by atoms with van der Waals surface area (Å²) in [7, 11) is 0. The highest BCUT2D eigenvalue weighted by Gasteiger charge is 2.51. The summed E-state index contributed by atoms with van der Waals surface area (Å²) in [6, 6.07) is 0.887. The molecule has 1 atom stereocenters. The zero-order valence-corrected chi connectivity index (χ0v) is 8.64. The molecular weight excluding hydrogens is 146 g/mol. The minimum atomic E-state index is 0.797. The highest BCUT2D eigenvalue weighted by molar-refractivity contribution is 5.04. The van der Waals surface area contributed by atoms with Crippen LogP contribution in [0.2, 0.25) is 0 Å². The number of hydrogen-bond acceptors (Lipinski definition) is 1. The van der Waals surface area contributed by atoms with Crippen molar-refractivity contribution in [3.05, 3.63) is 0 Å². The van der Waals surface area contributed by atoms with Gasteiger partial charge in [0.1, 0.15) is 0 Å². The van der Waals surface area contributed by atoms with Gasteiger partial charge in [0, 0.05) is 12.6 Å². The van der Waals surface area contributed by atoms with Crippen LogP contribution in [0.1, 0.15) is 40.0 Å². The Labute approximate surface area is 76.1 Å². The molecular formula is C11H21N. The maximum absolute atomic E-state index is 2.69. The monoisotopic (exact) mass is 167 g/mol. The summed E-state index contributed by atoms with van der Waals surface area (Å²) in [5.41, 5.74) is 0.797. The summed E-state index contributed by atoms with van der Waals surface area (Å²) >= 11 is 0. The molecule has 0 bridgehead atoms. The number of nitrogens with zero attached hydrogens (tertiary/aromatic N) is 1. The fraction of sp³-hybridized carbons (Fsp3) is 1.00. The summed E-state index contributed by atoms with van der Waals surface area (Å²) in [5, 5.41) is 0. The van der Waals surface area contributed by atoms with E-state index in [1.165, 1.54) is 32.4 Å². The number of likely N-dealkylation sites (tertiary alicyclic amines) is 1. The van der Waals surface area contributed by atoms with Crippen LogP contribution < -0.4 is 0 Å². The molecule has 2 fully saturated rings. The minimum absolute atomic E-state index is 0.797. The molecule has 0 aromatic carbocycles. The molecule has 2 aliphatic rings. The quantitative estimate of drug-likeness (QED) is 0.611. The zero-order valence-electron chi connectivity index (χ0n) is 8.64. The van der Waals surface area contributed by atoms with Gasteiger partial charge in [-0.05, 0) is 37.1 Å². The molecule has 1 saturated heterocycles. The summed E-state index contributed by atoms with van der Waals surface area (Å²) in [6.45, 7) is 9.69. The van der Waals surface area contributed by atoms with E-state index in [4.69, 9.17) is 0 Å². The Kier molecular flexibility index (Phi) is 1.95. The van der Waals surface area contributed by atoms with Crippen molar-refractivity contribution in [2.45, 2.75) is 46.1 Å². The van der Waals surface area contributed by atoms with Crippen molar-refractivity contribution in [1.82, 2.24) is 4.90 Å². The van der Waals surface area contributed by atoms with E-state index in [-0.39, 0.29) is 0 Å². The van der Waals surface area contributed by atoms with Crippen molar-refractivity contribution in [1.29, 1.82) is 0 Å². The molecule has 1 spiro atoms. The van der Waals surface area contributed by atoms with Crippen molar-refractivity contribution < 1.29 is 0 Å². The third-order valence-corrected chi connectivity index (χ3v) is 3.78. The summed E-state index contributed by atoms with van der Waals surface area (Å²) < 4.78 is 0. The lowest BCUT2D eigenvalue weighted by Gasteiger charge is -2.25. The second-order valence-corrected chi connectivity index (χ2v) is 5.08. The standard InChI is InChI=1S/C11H21N/c1-4-12-8-11(5-6-11)7-10(12)9(2)3/h9-10H,4-8H2,1-3H3. The molecule has 0 aromatic heterocycles. The SMILES string of the molecule is CCN1CC2(CC2)CC1C(C)C. The molecule has 1 aliphatic heterocycles. The Morgan fingerprint density at radius 2 is 2.08 bits per heavy atom. The molecule has 1 heteroatoms. The maximum atomic E-state index is 2.69. The molecule has 0 aromatic rings. The van der Waals surface area contributed by atoms with Crippen molar-refractivity contribution in [2.75, 3.05) is 13.1 Å². The van der Waals surface area contributed by atoms with E-state index in [2.05, 4.69) is 25.7 Å². The summed E-state index contributed by atoms with van der Waals surface area (Å²) in [5.74, 6) is 0.852. The highest BCUT2D eigenvalue weighted by atomic mass is 15.2. The van der Waals surface area contributed by atoms with Gasteiger partial charge in [-0.25, -0.2) is 0 Å². The second kappa shape index (κ2) is 2.73. The fourth-order valence-corrected chi connectivity index (χ4v) is 2.73. The Balaban J connectivity index is 2.03. The van der Waals surface area contributed by atoms with Crippen molar-refractivity contribution in [2.24, 2.45) is 11.3 Å². The van der Waals surface area contributed by atoms with Crippen LogP contribution in [0.4, 0.5) is 0 Å². The van der Waals surface area contributed by atoms with Crippen LogP contribution in [-0.4, -0.2) is 24.0 Å². The lowest BCUT2D eigenvalue weighted by Crippen LogP contribution is -2.33. The van der Waals surface area contributed by atoms with Gasteiger partial charge in [0.2, 0.25) is 0 Å². The van der Waals surface area contributed by atoms with E-state index in [1.54, 1.807) is 0 Å². The van der Waals surface area contributed by atoms with Gasteiger partial charge in [-0.1, -0.05) is 20.8 Å². The average Bonchev–Trinajstić information content (AvgIpc) is 2.62. The van der Waals surface area contributed by atoms with Gasteiger partial charge in [-0.2, -0.15) is 0 Å². The largest absolute Gasteiger partial charge is 0.300 e. The molecule has 0 radical (unpaired) electrons. The smallest absolute Gasteiger partial charge is 0.0124 e. The van der Waals surface area contributed by atoms with Gasteiger partial charge in [0.15, 0.2) is 0 Å². The summed E-state index contributed by atoms with van der Waals surface area (Å²) in [6.07, 6.45) is 4.50. The van der Waals surface area contributed by atoms with Crippen LogP contribution in [0, 0.1) is 11.3 Å². The summed E-state index contributed by atoms with van der Waals surface area (Å²) in [4.78, 5) is 2.69. The predicted octanol–water partition coefficient (Wildman–Crippen LogP) is 2.52. The molecule has 12 heavy (non-hydrogen) atoms. The van der Waals surface area contributed by atoms with Crippen LogP contribution in [0.3, 0.4) is 0 Å². The number of hydrogen-bond donors (Lipinski definition) is 0. The van der Waals surface area contributed by atoms with Crippen molar-refractivity contribution in [3.63, 3.8) is 0 Å². The van der Waals surface area contributed by atoms with Crippen LogP contribution in [-0.2, 0) is 0 Å². The third kappa shape index (κ3) is 1.28. The number of rotatable bonds is 2. The molecule has 0 N–H and O–H groups in total. The fourth-order valence-electron chi connectivity index (χ4n) is 2.73. The van der Waals surface area contributed by atoms with Crippen molar-refractivity contribution >= 4 is 0 Å². The molecule has 1 nitrogen and oxygen atoms in total. The van der Waals surface area contributed by atoms with Gasteiger partial charge in [-0.3, -0.25) is 4.90 Å². The molecule has 1 aliphatic carbocycles. The average molecular weight is 167 g/mol. The highest BCUT2D eigenvalue weighted by Crippen LogP contribution is 2.55. The van der Waals surface area contributed by atoms with E-state index in [0.717, 1.165) is 17.4 Å². The van der Waals surface area contributed by atoms with Crippen LogP contribution in [0.25, 0.3) is 0 Å². The van der Waals surface area contributed by atoms with E-state index in [1.807, 2.05) is 0 Å². The molecule has 1 unspecified atom stereocenters. The van der Waals surface area contributed by atoms with E-state index in [9.17, 15) is 0 Å². The minimum Gasteiger partial charge on any atom is -0.300 e. The van der Waals surface area contributed by atoms with Crippen LogP contribution in [0.5, 0.6) is 0 Å². The maximum Gasteiger partial charge on any atom is 0.0124 e. The second-order valence-electron chi connectivity index (χ2n) is 5.08. The zero-order chi connectivity index (χ0) is 8.77.